The van der Waals surface area contributed by atoms with Crippen molar-refractivity contribution in [3.63, 3.8) is 0 Å². The number of aromatic nitrogens is 1. The number of amides is 2. The van der Waals surface area contributed by atoms with Gasteiger partial charge in [-0.1, -0.05) is 44.2 Å². The van der Waals surface area contributed by atoms with Crippen molar-refractivity contribution in [2.45, 2.75) is 39.0 Å². The highest BCUT2D eigenvalue weighted by molar-refractivity contribution is 7.22. The molecule has 3 N–H and O–H groups in total. The standard InChI is InChI=1S/C31H33F2N5O2S/c1-30(2,3)17-37-14-12-31(13-15-37)18-38(27-24(39)11-9-20(33)26(27)31)23-7-5-4-6-21(23)34-28(40)36-29-35-22-10-8-19(32)16-25(22)41-29/h4-11,16,39H,12-15,17-18H2,1-3H3,(H2,34,35,36,40). The molecule has 3 aromatic carbocycles. The maximum atomic E-state index is 15.6. The number of carbonyl (C=O) groups is 1. The van der Waals surface area contributed by atoms with Gasteiger partial charge in [-0.25, -0.2) is 18.6 Å². The third kappa shape index (κ3) is 5.34. The highest BCUT2D eigenvalue weighted by Gasteiger charge is 2.48. The zero-order valence-electron chi connectivity index (χ0n) is 23.3. The van der Waals surface area contributed by atoms with Gasteiger partial charge in [-0.3, -0.25) is 5.32 Å². The first-order chi connectivity index (χ1) is 19.5. The van der Waals surface area contributed by atoms with Crippen LogP contribution in [0.3, 0.4) is 0 Å². The van der Waals surface area contributed by atoms with Gasteiger partial charge >= 0.3 is 6.03 Å². The number of hydrogen-bond donors (Lipinski definition) is 3. The lowest BCUT2D eigenvalue weighted by atomic mass is 9.73. The number of aromatic hydroxyl groups is 1. The zero-order valence-corrected chi connectivity index (χ0v) is 24.1. The molecular weight excluding hydrogens is 544 g/mol. The lowest BCUT2D eigenvalue weighted by molar-refractivity contribution is 0.124. The fourth-order valence-electron chi connectivity index (χ4n) is 6.24. The Labute approximate surface area is 241 Å². The number of benzene rings is 3. The maximum absolute atomic E-state index is 15.6. The Hall–Kier alpha value is -3.76. The minimum atomic E-state index is -0.509. The van der Waals surface area contributed by atoms with E-state index in [1.807, 2.05) is 23.1 Å². The summed E-state index contributed by atoms with van der Waals surface area (Å²) in [7, 11) is 0. The van der Waals surface area contributed by atoms with Crippen LogP contribution in [0.5, 0.6) is 5.75 Å². The van der Waals surface area contributed by atoms with Crippen molar-refractivity contribution in [2.24, 2.45) is 5.41 Å². The number of para-hydroxylation sites is 2. The number of rotatable bonds is 4. The Balaban J connectivity index is 1.28. The summed E-state index contributed by atoms with van der Waals surface area (Å²) in [4.78, 5) is 21.8. The van der Waals surface area contributed by atoms with Crippen LogP contribution >= 0.6 is 11.3 Å². The molecule has 3 heterocycles. The number of phenols is 1. The summed E-state index contributed by atoms with van der Waals surface area (Å²) in [6.45, 7) is 9.80. The van der Waals surface area contributed by atoms with E-state index in [0.717, 1.165) is 32.5 Å². The summed E-state index contributed by atoms with van der Waals surface area (Å²) in [5, 5.41) is 17.0. The molecule has 0 unspecified atom stereocenters. The number of thiazole rings is 1. The summed E-state index contributed by atoms with van der Waals surface area (Å²) in [5.74, 6) is -0.675. The van der Waals surface area contributed by atoms with Gasteiger partial charge in [0.05, 0.1) is 27.3 Å². The lowest BCUT2D eigenvalue weighted by Crippen LogP contribution is -2.47. The van der Waals surface area contributed by atoms with Gasteiger partial charge in [-0.05, 0) is 73.8 Å². The molecule has 1 fully saturated rings. The predicted octanol–water partition coefficient (Wildman–Crippen LogP) is 7.46. The van der Waals surface area contributed by atoms with E-state index >= 15 is 4.39 Å². The molecule has 1 aromatic heterocycles. The Morgan fingerprint density at radius 1 is 1.07 bits per heavy atom. The number of likely N-dealkylation sites (tertiary alicyclic amines) is 1. The van der Waals surface area contributed by atoms with Crippen molar-refractivity contribution in [1.82, 2.24) is 9.88 Å². The van der Waals surface area contributed by atoms with Gasteiger partial charge in [0.2, 0.25) is 0 Å². The van der Waals surface area contributed by atoms with Gasteiger partial charge < -0.3 is 20.2 Å². The molecular formula is C31H33F2N5O2S. The predicted molar refractivity (Wildman–Crippen MR) is 161 cm³/mol. The van der Waals surface area contributed by atoms with Crippen LogP contribution in [0.2, 0.25) is 0 Å². The molecule has 2 aliphatic rings. The second kappa shape index (κ2) is 10.3. The number of piperidine rings is 1. The number of anilines is 4. The van der Waals surface area contributed by atoms with Gasteiger partial charge in [0.25, 0.3) is 0 Å². The molecule has 41 heavy (non-hydrogen) atoms. The fourth-order valence-corrected chi connectivity index (χ4v) is 7.12. The Kier molecular flexibility index (Phi) is 6.86. The zero-order chi connectivity index (χ0) is 28.9. The molecule has 0 bridgehead atoms. The third-order valence-corrected chi connectivity index (χ3v) is 8.83. The highest BCUT2D eigenvalue weighted by Crippen LogP contribution is 2.55. The van der Waals surface area contributed by atoms with E-state index in [0.29, 0.717) is 44.5 Å². The third-order valence-electron chi connectivity index (χ3n) is 7.89. The van der Waals surface area contributed by atoms with Crippen LogP contribution in [-0.4, -0.2) is 47.2 Å². The van der Waals surface area contributed by atoms with Crippen molar-refractivity contribution >= 4 is 49.8 Å². The monoisotopic (exact) mass is 577 g/mol. The summed E-state index contributed by atoms with van der Waals surface area (Å²) in [6, 6.07) is 13.8. The summed E-state index contributed by atoms with van der Waals surface area (Å²) in [5.41, 5.74) is 2.47. The van der Waals surface area contributed by atoms with E-state index in [2.05, 4.69) is 41.3 Å². The average molecular weight is 578 g/mol. The molecule has 0 radical (unpaired) electrons. The molecule has 6 rings (SSSR count). The molecule has 7 nitrogen and oxygen atoms in total. The molecule has 214 valence electrons. The maximum Gasteiger partial charge on any atom is 0.325 e. The van der Waals surface area contributed by atoms with Crippen LogP contribution in [0, 0.1) is 17.0 Å². The number of halogens is 2. The van der Waals surface area contributed by atoms with Gasteiger partial charge in [-0.2, -0.15) is 0 Å². The van der Waals surface area contributed by atoms with Gasteiger partial charge in [0.1, 0.15) is 17.4 Å². The molecule has 2 aliphatic heterocycles. The van der Waals surface area contributed by atoms with E-state index in [4.69, 9.17) is 0 Å². The van der Waals surface area contributed by atoms with Crippen molar-refractivity contribution in [3.8, 4) is 5.75 Å². The molecule has 0 atom stereocenters. The highest BCUT2D eigenvalue weighted by atomic mass is 32.1. The molecule has 0 saturated carbocycles. The number of hydrogen-bond acceptors (Lipinski definition) is 6. The second-order valence-electron chi connectivity index (χ2n) is 12.2. The van der Waals surface area contributed by atoms with Crippen LogP contribution in [0.25, 0.3) is 10.2 Å². The fraction of sp³-hybridized carbons (Fsp3) is 0.355. The minimum Gasteiger partial charge on any atom is -0.506 e. The van der Waals surface area contributed by atoms with Crippen LogP contribution in [0.1, 0.15) is 39.2 Å². The van der Waals surface area contributed by atoms with Gasteiger partial charge in [-0.15, -0.1) is 0 Å². The van der Waals surface area contributed by atoms with Crippen molar-refractivity contribution in [2.75, 3.05) is 41.7 Å². The first kappa shape index (κ1) is 27.4. The lowest BCUT2D eigenvalue weighted by Gasteiger charge is -2.42. The number of carbonyl (C=O) groups excluding carboxylic acids is 1. The second-order valence-corrected chi connectivity index (χ2v) is 13.3. The number of fused-ring (bicyclic) bond motifs is 3. The first-order valence-electron chi connectivity index (χ1n) is 13.8. The average Bonchev–Trinajstić information content (AvgIpc) is 3.46. The molecule has 4 aromatic rings. The quantitative estimate of drug-likeness (QED) is 0.235. The van der Waals surface area contributed by atoms with Gasteiger partial charge in [0, 0.05) is 24.1 Å². The van der Waals surface area contributed by atoms with Crippen molar-refractivity contribution < 1.29 is 18.7 Å². The number of urea groups is 1. The molecule has 1 saturated heterocycles. The number of nitrogens with zero attached hydrogens (tertiary/aromatic N) is 3. The van der Waals surface area contributed by atoms with Crippen molar-refractivity contribution in [1.29, 1.82) is 0 Å². The Bertz CT molecular complexity index is 1620. The van der Waals surface area contributed by atoms with Crippen LogP contribution in [0.4, 0.5) is 35.8 Å². The minimum absolute atomic E-state index is 0.0105. The summed E-state index contributed by atoms with van der Waals surface area (Å²) < 4.78 is 29.8. The Morgan fingerprint density at radius 3 is 2.59 bits per heavy atom. The van der Waals surface area contributed by atoms with Crippen LogP contribution in [-0.2, 0) is 5.41 Å². The topological polar surface area (TPSA) is 80.7 Å². The molecule has 1 spiro atoms. The normalized spacial score (nSPS) is 16.8. The number of phenolic OH excluding ortho intramolecular Hbond substituents is 1. The largest absolute Gasteiger partial charge is 0.506 e. The SMILES string of the molecule is CC(C)(C)CN1CCC2(CC1)CN(c1ccccc1NC(=O)Nc1nc3ccc(F)cc3s1)c1c(O)ccc(F)c12. The van der Waals surface area contributed by atoms with Crippen molar-refractivity contribution in [3.05, 3.63) is 71.8 Å². The first-order valence-corrected chi connectivity index (χ1v) is 14.6. The van der Waals surface area contributed by atoms with E-state index in [-0.39, 0.29) is 22.8 Å². The van der Waals surface area contributed by atoms with Gasteiger partial charge in [0.15, 0.2) is 5.13 Å². The summed E-state index contributed by atoms with van der Waals surface area (Å²) >= 11 is 1.18. The molecule has 2 amide bonds. The van der Waals surface area contributed by atoms with E-state index in [9.17, 15) is 14.3 Å². The van der Waals surface area contributed by atoms with E-state index < -0.39 is 11.4 Å². The van der Waals surface area contributed by atoms with E-state index in [1.165, 1.54) is 35.6 Å². The Morgan fingerprint density at radius 2 is 1.83 bits per heavy atom. The summed E-state index contributed by atoms with van der Waals surface area (Å²) in [6.07, 6.45) is 1.53. The smallest absolute Gasteiger partial charge is 0.325 e. The van der Waals surface area contributed by atoms with E-state index in [1.54, 1.807) is 12.1 Å². The molecule has 10 heteroatoms. The molecule has 0 aliphatic carbocycles. The number of nitrogens with one attached hydrogen (secondary N) is 2. The van der Waals surface area contributed by atoms with Crippen LogP contribution in [0.15, 0.2) is 54.6 Å². The van der Waals surface area contributed by atoms with Crippen LogP contribution < -0.4 is 15.5 Å².